The van der Waals surface area contributed by atoms with Gasteiger partial charge in [-0.05, 0) is 68.5 Å². The quantitative estimate of drug-likeness (QED) is 0.877. The average Bonchev–Trinajstić information content (AvgIpc) is 2.45. The van der Waals surface area contributed by atoms with Crippen LogP contribution in [-0.4, -0.2) is 29.9 Å². The Balaban J connectivity index is 0.00000220. The van der Waals surface area contributed by atoms with Crippen molar-refractivity contribution in [1.29, 1.82) is 0 Å². The summed E-state index contributed by atoms with van der Waals surface area (Å²) in [6, 6.07) is 6.55. The third kappa shape index (κ3) is 4.45. The highest BCUT2D eigenvalue weighted by atomic mass is 35.5. The zero-order valence-corrected chi connectivity index (χ0v) is 13.9. The molecular weight excluding hydrogens is 284 g/mol. The maximum absolute atomic E-state index is 11.3. The molecule has 21 heavy (non-hydrogen) atoms. The molecule has 1 atom stereocenters. The molecule has 2 rings (SSSR count). The van der Waals surface area contributed by atoms with Crippen LogP contribution in [0.1, 0.15) is 54.6 Å². The number of halogens is 1. The van der Waals surface area contributed by atoms with Gasteiger partial charge < -0.3 is 10.6 Å². The van der Waals surface area contributed by atoms with Crippen LogP contribution in [0.4, 0.5) is 0 Å². The smallest absolute Gasteiger partial charge is 0.248 e. The normalized spacial score (nSPS) is 17.2. The van der Waals surface area contributed by atoms with E-state index in [9.17, 15) is 4.79 Å². The second-order valence-corrected chi connectivity index (χ2v) is 5.78. The lowest BCUT2D eigenvalue weighted by Gasteiger charge is -2.35. The van der Waals surface area contributed by atoms with Gasteiger partial charge in [-0.3, -0.25) is 4.79 Å². The van der Waals surface area contributed by atoms with Crippen LogP contribution in [-0.2, 0) is 12.8 Å². The Kier molecular flexibility index (Phi) is 7.20. The molecule has 2 N–H and O–H groups in total. The summed E-state index contributed by atoms with van der Waals surface area (Å²) in [5, 5.41) is 0. The molecule has 1 aromatic rings. The summed E-state index contributed by atoms with van der Waals surface area (Å²) in [7, 11) is 0. The number of nitrogens with zero attached hydrogens (tertiary/aromatic N) is 1. The molecule has 1 amide bonds. The van der Waals surface area contributed by atoms with Gasteiger partial charge in [0.25, 0.3) is 0 Å². The van der Waals surface area contributed by atoms with Crippen molar-refractivity contribution in [3.63, 3.8) is 0 Å². The maximum Gasteiger partial charge on any atom is 0.248 e. The molecular formula is C17H27ClN2O. The first kappa shape index (κ1) is 18.0. The standard InChI is InChI=1S/C17H26N2O.ClH/c1-3-9-19(10-4-2)16-8-7-13-5-6-14(17(18)20)11-15(13)12-16;/h5-6,11,16H,3-4,7-10,12H2,1-2H3,(H2,18,20);1H/t16-;/m1./s1. The number of carbonyl (C=O) groups is 1. The first-order chi connectivity index (χ1) is 9.65. The van der Waals surface area contributed by atoms with E-state index in [0.29, 0.717) is 11.6 Å². The molecule has 1 aliphatic rings. The van der Waals surface area contributed by atoms with Gasteiger partial charge in [0.15, 0.2) is 0 Å². The average molecular weight is 311 g/mol. The minimum absolute atomic E-state index is 0. The van der Waals surface area contributed by atoms with E-state index in [1.165, 1.54) is 43.5 Å². The molecule has 0 bridgehead atoms. The fraction of sp³-hybridized carbons (Fsp3) is 0.588. The van der Waals surface area contributed by atoms with E-state index in [1.54, 1.807) is 0 Å². The van der Waals surface area contributed by atoms with E-state index in [4.69, 9.17) is 5.73 Å². The molecule has 3 nitrogen and oxygen atoms in total. The number of nitrogens with two attached hydrogens (primary N) is 1. The molecule has 0 unspecified atom stereocenters. The summed E-state index contributed by atoms with van der Waals surface area (Å²) in [6.07, 6.45) is 5.79. The molecule has 1 aromatic carbocycles. The van der Waals surface area contributed by atoms with Gasteiger partial charge >= 0.3 is 0 Å². The molecule has 0 aromatic heterocycles. The molecule has 0 saturated heterocycles. The van der Waals surface area contributed by atoms with Crippen LogP contribution >= 0.6 is 12.4 Å². The molecule has 0 saturated carbocycles. The van der Waals surface area contributed by atoms with Gasteiger partial charge in [0.2, 0.25) is 5.91 Å². The molecule has 0 aliphatic heterocycles. The first-order valence-corrected chi connectivity index (χ1v) is 7.81. The summed E-state index contributed by atoms with van der Waals surface area (Å²) in [5.41, 5.74) is 8.73. The Hall–Kier alpha value is -1.06. The van der Waals surface area contributed by atoms with Crippen LogP contribution in [0.25, 0.3) is 0 Å². The van der Waals surface area contributed by atoms with Crippen LogP contribution in [0.2, 0.25) is 0 Å². The Morgan fingerprint density at radius 3 is 2.48 bits per heavy atom. The fourth-order valence-corrected chi connectivity index (χ4v) is 3.25. The molecule has 118 valence electrons. The van der Waals surface area contributed by atoms with Crippen molar-refractivity contribution in [3.05, 3.63) is 34.9 Å². The number of rotatable bonds is 6. The van der Waals surface area contributed by atoms with Crippen molar-refractivity contribution in [3.8, 4) is 0 Å². The summed E-state index contributed by atoms with van der Waals surface area (Å²) in [5.74, 6) is -0.325. The Bertz CT molecular complexity index is 470. The fourth-order valence-electron chi connectivity index (χ4n) is 3.25. The van der Waals surface area contributed by atoms with Crippen LogP contribution in [0.3, 0.4) is 0 Å². The monoisotopic (exact) mass is 310 g/mol. The second-order valence-electron chi connectivity index (χ2n) is 5.78. The van der Waals surface area contributed by atoms with E-state index < -0.39 is 0 Å². The van der Waals surface area contributed by atoms with Gasteiger partial charge in [0, 0.05) is 11.6 Å². The third-order valence-electron chi connectivity index (χ3n) is 4.23. The van der Waals surface area contributed by atoms with Crippen LogP contribution in [0.15, 0.2) is 18.2 Å². The van der Waals surface area contributed by atoms with E-state index >= 15 is 0 Å². The molecule has 4 heteroatoms. The van der Waals surface area contributed by atoms with Gasteiger partial charge in [-0.15, -0.1) is 12.4 Å². The van der Waals surface area contributed by atoms with Gasteiger partial charge in [-0.1, -0.05) is 19.9 Å². The van der Waals surface area contributed by atoms with Gasteiger partial charge in [-0.25, -0.2) is 0 Å². The number of fused-ring (bicyclic) bond motifs is 1. The topological polar surface area (TPSA) is 46.3 Å². The SMILES string of the molecule is CCCN(CCC)[C@@H]1CCc2ccc(C(N)=O)cc2C1.Cl. The minimum atomic E-state index is -0.325. The van der Waals surface area contributed by atoms with Crippen LogP contribution in [0.5, 0.6) is 0 Å². The van der Waals surface area contributed by atoms with Crippen molar-refractivity contribution < 1.29 is 4.79 Å². The van der Waals surface area contributed by atoms with E-state index in [0.717, 1.165) is 12.8 Å². The molecule has 1 aliphatic carbocycles. The third-order valence-corrected chi connectivity index (χ3v) is 4.23. The second kappa shape index (κ2) is 8.40. The van der Waals surface area contributed by atoms with Crippen molar-refractivity contribution in [2.75, 3.05) is 13.1 Å². The van der Waals surface area contributed by atoms with Crippen molar-refractivity contribution >= 4 is 18.3 Å². The highest BCUT2D eigenvalue weighted by Gasteiger charge is 2.23. The van der Waals surface area contributed by atoms with E-state index in [-0.39, 0.29) is 18.3 Å². The summed E-state index contributed by atoms with van der Waals surface area (Å²) < 4.78 is 0. The van der Waals surface area contributed by atoms with Gasteiger partial charge in [-0.2, -0.15) is 0 Å². The molecule has 0 fully saturated rings. The molecule has 0 radical (unpaired) electrons. The summed E-state index contributed by atoms with van der Waals surface area (Å²) >= 11 is 0. The van der Waals surface area contributed by atoms with Crippen LogP contribution in [0, 0.1) is 0 Å². The summed E-state index contributed by atoms with van der Waals surface area (Å²) in [4.78, 5) is 13.9. The Morgan fingerprint density at radius 2 is 1.90 bits per heavy atom. The largest absolute Gasteiger partial charge is 0.366 e. The predicted octanol–water partition coefficient (Wildman–Crippen LogP) is 3.19. The lowest BCUT2D eigenvalue weighted by Crippen LogP contribution is -2.40. The number of benzene rings is 1. The van der Waals surface area contributed by atoms with Crippen molar-refractivity contribution in [2.24, 2.45) is 5.73 Å². The van der Waals surface area contributed by atoms with E-state index in [2.05, 4.69) is 24.8 Å². The Morgan fingerprint density at radius 1 is 1.24 bits per heavy atom. The van der Waals surface area contributed by atoms with Crippen molar-refractivity contribution in [2.45, 2.75) is 52.0 Å². The lowest BCUT2D eigenvalue weighted by molar-refractivity contribution is 0.1000. The lowest BCUT2D eigenvalue weighted by atomic mass is 9.86. The van der Waals surface area contributed by atoms with Gasteiger partial charge in [0.1, 0.15) is 0 Å². The first-order valence-electron chi connectivity index (χ1n) is 7.81. The number of hydrogen-bond acceptors (Lipinski definition) is 2. The molecule has 0 heterocycles. The summed E-state index contributed by atoms with van der Waals surface area (Å²) in [6.45, 7) is 6.82. The maximum atomic E-state index is 11.3. The number of aryl methyl sites for hydroxylation is 1. The minimum Gasteiger partial charge on any atom is -0.366 e. The zero-order chi connectivity index (χ0) is 14.5. The van der Waals surface area contributed by atoms with E-state index in [1.807, 2.05) is 12.1 Å². The van der Waals surface area contributed by atoms with Crippen LogP contribution < -0.4 is 5.73 Å². The number of hydrogen-bond donors (Lipinski definition) is 1. The predicted molar refractivity (Wildman–Crippen MR) is 90.2 cm³/mol. The van der Waals surface area contributed by atoms with Crippen molar-refractivity contribution in [1.82, 2.24) is 4.90 Å². The number of carbonyl (C=O) groups excluding carboxylic acids is 1. The van der Waals surface area contributed by atoms with Gasteiger partial charge in [0.05, 0.1) is 0 Å². The Labute approximate surface area is 134 Å². The molecule has 0 spiro atoms. The zero-order valence-electron chi connectivity index (χ0n) is 13.1. The highest BCUT2D eigenvalue weighted by molar-refractivity contribution is 5.93. The number of amides is 1. The highest BCUT2D eigenvalue weighted by Crippen LogP contribution is 2.26. The number of primary amides is 1.